The highest BCUT2D eigenvalue weighted by Gasteiger charge is 2.57. The Morgan fingerprint density at radius 2 is 1.94 bits per heavy atom. The number of carbonyl (C=O) groups excluding carboxylic acids is 1. The van der Waals surface area contributed by atoms with Crippen LogP contribution in [0.3, 0.4) is 0 Å². The molecule has 18 heavy (non-hydrogen) atoms. The quantitative estimate of drug-likeness (QED) is 0.345. The molecule has 1 saturated carbocycles. The van der Waals surface area contributed by atoms with Crippen LogP contribution in [0.2, 0.25) is 0 Å². The van der Waals surface area contributed by atoms with E-state index in [0.29, 0.717) is 12.8 Å². The van der Waals surface area contributed by atoms with Gasteiger partial charge in [0.2, 0.25) is 5.91 Å². The summed E-state index contributed by atoms with van der Waals surface area (Å²) in [6.07, 6.45) is 4.69. The van der Waals surface area contributed by atoms with Crippen molar-refractivity contribution in [2.45, 2.75) is 46.0 Å². The maximum absolute atomic E-state index is 12.5. The van der Waals surface area contributed by atoms with E-state index in [1.807, 2.05) is 4.90 Å². The average molecular weight is 253 g/mol. The largest absolute Gasteiger partial charge is 0.409 e. The number of oxime groups is 1. The predicted molar refractivity (Wildman–Crippen MR) is 69.3 cm³/mol. The lowest BCUT2D eigenvalue weighted by molar-refractivity contribution is -0.134. The molecule has 3 N–H and O–H groups in total. The van der Waals surface area contributed by atoms with Crippen molar-refractivity contribution in [2.75, 3.05) is 13.1 Å². The summed E-state index contributed by atoms with van der Waals surface area (Å²) in [6.45, 7) is 6.00. The molecule has 0 bridgehead atoms. The molecule has 0 atom stereocenters. The van der Waals surface area contributed by atoms with Crippen molar-refractivity contribution in [2.24, 2.45) is 21.7 Å². The first-order valence-electron chi connectivity index (χ1n) is 6.81. The fourth-order valence-corrected chi connectivity index (χ4v) is 3.04. The van der Waals surface area contributed by atoms with Gasteiger partial charge in [0.25, 0.3) is 0 Å². The Bertz CT molecular complexity index is 370. The summed E-state index contributed by atoms with van der Waals surface area (Å²) >= 11 is 0. The number of amidine groups is 1. The molecule has 0 unspecified atom stereocenters. The maximum Gasteiger partial charge on any atom is 0.236 e. The van der Waals surface area contributed by atoms with Crippen LogP contribution >= 0.6 is 0 Å². The van der Waals surface area contributed by atoms with Crippen LogP contribution in [0.1, 0.15) is 46.0 Å². The molecule has 102 valence electrons. The lowest BCUT2D eigenvalue weighted by atomic mass is 9.82. The molecule has 1 aliphatic carbocycles. The maximum atomic E-state index is 12.5. The van der Waals surface area contributed by atoms with Gasteiger partial charge >= 0.3 is 0 Å². The van der Waals surface area contributed by atoms with Crippen LogP contribution in [-0.2, 0) is 4.79 Å². The third kappa shape index (κ3) is 1.85. The summed E-state index contributed by atoms with van der Waals surface area (Å²) in [7, 11) is 0. The molecule has 5 nitrogen and oxygen atoms in total. The Hall–Kier alpha value is -1.26. The summed E-state index contributed by atoms with van der Waals surface area (Å²) in [4.78, 5) is 14.4. The number of nitrogens with two attached hydrogens (primary N) is 1. The minimum absolute atomic E-state index is 0.0570. The fraction of sp³-hybridized carbons (Fsp3) is 0.846. The van der Waals surface area contributed by atoms with Gasteiger partial charge in [-0.3, -0.25) is 4.79 Å². The molecule has 0 spiro atoms. The molecule has 1 amide bonds. The van der Waals surface area contributed by atoms with E-state index in [9.17, 15) is 4.79 Å². The van der Waals surface area contributed by atoms with Crippen LogP contribution in [0.15, 0.2) is 5.16 Å². The Kier molecular flexibility index (Phi) is 3.25. The third-order valence-electron chi connectivity index (χ3n) is 4.98. The number of nitrogens with zero attached hydrogens (tertiary/aromatic N) is 2. The second kappa shape index (κ2) is 4.44. The smallest absolute Gasteiger partial charge is 0.236 e. The van der Waals surface area contributed by atoms with E-state index in [1.54, 1.807) is 0 Å². The zero-order valence-electron chi connectivity index (χ0n) is 11.3. The summed E-state index contributed by atoms with van der Waals surface area (Å²) in [5, 5.41) is 11.8. The highest BCUT2D eigenvalue weighted by molar-refractivity contribution is 6.09. The molecule has 2 rings (SSSR count). The van der Waals surface area contributed by atoms with E-state index >= 15 is 0 Å². The Morgan fingerprint density at radius 3 is 2.33 bits per heavy atom. The average Bonchev–Trinajstić information content (AvgIpc) is 3.11. The van der Waals surface area contributed by atoms with Gasteiger partial charge < -0.3 is 15.8 Å². The number of hydrogen-bond donors (Lipinski definition) is 2. The van der Waals surface area contributed by atoms with Gasteiger partial charge in [0.05, 0.1) is 0 Å². The van der Waals surface area contributed by atoms with Gasteiger partial charge in [-0.1, -0.05) is 19.0 Å². The van der Waals surface area contributed by atoms with Crippen molar-refractivity contribution >= 4 is 11.7 Å². The molecular weight excluding hydrogens is 230 g/mol. The number of amides is 1. The minimum Gasteiger partial charge on any atom is -0.409 e. The van der Waals surface area contributed by atoms with Crippen molar-refractivity contribution in [1.82, 2.24) is 4.90 Å². The van der Waals surface area contributed by atoms with Crippen LogP contribution in [0.4, 0.5) is 0 Å². The fourth-order valence-electron chi connectivity index (χ4n) is 3.04. The van der Waals surface area contributed by atoms with Gasteiger partial charge in [-0.25, -0.2) is 0 Å². The standard InChI is InChI=1S/C13H23N3O2/c1-3-12(4-2)7-8-16(9-12)11(17)13(5-6-13)10(14)15-18/h18H,3-9H2,1-2H3,(H2,14,15). The zero-order chi connectivity index (χ0) is 13.4. The molecule has 1 heterocycles. The molecule has 5 heteroatoms. The minimum atomic E-state index is -0.688. The van der Waals surface area contributed by atoms with E-state index in [0.717, 1.165) is 32.4 Å². The molecule has 2 fully saturated rings. The first-order chi connectivity index (χ1) is 8.53. The van der Waals surface area contributed by atoms with E-state index in [4.69, 9.17) is 10.9 Å². The zero-order valence-corrected chi connectivity index (χ0v) is 11.3. The molecule has 1 aliphatic heterocycles. The van der Waals surface area contributed by atoms with E-state index < -0.39 is 5.41 Å². The number of hydrogen-bond acceptors (Lipinski definition) is 3. The van der Waals surface area contributed by atoms with Gasteiger partial charge in [-0.05, 0) is 37.5 Å². The Morgan fingerprint density at radius 1 is 1.33 bits per heavy atom. The molecular formula is C13H23N3O2. The summed E-state index contributed by atoms with van der Waals surface area (Å²) in [6, 6.07) is 0. The highest BCUT2D eigenvalue weighted by Crippen LogP contribution is 2.49. The van der Waals surface area contributed by atoms with Crippen molar-refractivity contribution in [3.05, 3.63) is 0 Å². The molecule has 0 aromatic rings. The molecule has 2 aliphatic rings. The lowest BCUT2D eigenvalue weighted by Crippen LogP contribution is -2.43. The van der Waals surface area contributed by atoms with Crippen LogP contribution in [0, 0.1) is 10.8 Å². The normalized spacial score (nSPS) is 25.2. The van der Waals surface area contributed by atoms with Gasteiger partial charge in [0.1, 0.15) is 5.41 Å². The van der Waals surface area contributed by atoms with Crippen LogP contribution in [0.25, 0.3) is 0 Å². The highest BCUT2D eigenvalue weighted by atomic mass is 16.4. The van der Waals surface area contributed by atoms with E-state index in [2.05, 4.69) is 19.0 Å². The second-order valence-electron chi connectivity index (χ2n) is 5.75. The van der Waals surface area contributed by atoms with Crippen LogP contribution < -0.4 is 5.73 Å². The molecule has 0 aromatic carbocycles. The molecule has 1 saturated heterocycles. The van der Waals surface area contributed by atoms with Gasteiger partial charge in [-0.15, -0.1) is 0 Å². The second-order valence-corrected chi connectivity index (χ2v) is 5.75. The topological polar surface area (TPSA) is 78.9 Å². The van der Waals surface area contributed by atoms with E-state index in [-0.39, 0.29) is 17.2 Å². The van der Waals surface area contributed by atoms with E-state index in [1.165, 1.54) is 0 Å². The summed E-state index contributed by atoms with van der Waals surface area (Å²) in [5.41, 5.74) is 5.25. The van der Waals surface area contributed by atoms with Crippen LogP contribution in [0.5, 0.6) is 0 Å². The number of carbonyl (C=O) groups is 1. The van der Waals surface area contributed by atoms with Gasteiger partial charge in [-0.2, -0.15) is 0 Å². The lowest BCUT2D eigenvalue weighted by Gasteiger charge is -2.28. The number of rotatable bonds is 4. The van der Waals surface area contributed by atoms with Crippen molar-refractivity contribution in [3.63, 3.8) is 0 Å². The third-order valence-corrected chi connectivity index (χ3v) is 4.98. The van der Waals surface area contributed by atoms with Gasteiger partial charge in [0, 0.05) is 13.1 Å². The first kappa shape index (κ1) is 13.2. The Balaban J connectivity index is 2.09. The summed E-state index contributed by atoms with van der Waals surface area (Å²) < 4.78 is 0. The number of likely N-dealkylation sites (tertiary alicyclic amines) is 1. The van der Waals surface area contributed by atoms with Gasteiger partial charge in [0.15, 0.2) is 5.84 Å². The summed E-state index contributed by atoms with van der Waals surface area (Å²) in [5.74, 6) is 0.138. The molecule has 0 radical (unpaired) electrons. The molecule has 0 aromatic heterocycles. The Labute approximate surface area is 108 Å². The van der Waals surface area contributed by atoms with Crippen molar-refractivity contribution in [1.29, 1.82) is 0 Å². The van der Waals surface area contributed by atoms with Crippen molar-refractivity contribution in [3.8, 4) is 0 Å². The van der Waals surface area contributed by atoms with Crippen molar-refractivity contribution < 1.29 is 10.0 Å². The first-order valence-corrected chi connectivity index (χ1v) is 6.81. The predicted octanol–water partition coefficient (Wildman–Crippen LogP) is 1.55. The van der Waals surface area contributed by atoms with Crippen LogP contribution in [-0.4, -0.2) is 34.9 Å². The SMILES string of the molecule is CCC1(CC)CCN(C(=O)C2(C(N)=NO)CC2)C1. The monoisotopic (exact) mass is 253 g/mol.